The minimum Gasteiger partial charge on any atom is -0.493 e. The summed E-state index contributed by atoms with van der Waals surface area (Å²) in [5, 5.41) is 20.3. The Labute approximate surface area is 149 Å². The number of benzene rings is 1. The number of hydrogen-bond donors (Lipinski definition) is 2. The molecule has 0 unspecified atom stereocenters. The molecule has 0 aliphatic carbocycles. The summed E-state index contributed by atoms with van der Waals surface area (Å²) in [6.45, 7) is 4.76. The van der Waals surface area contributed by atoms with Gasteiger partial charge in [-0.15, -0.1) is 0 Å². The number of aliphatic hydroxyl groups excluding tert-OH is 1. The molecular weight excluding hydrogens is 330 g/mol. The normalized spacial score (nSPS) is 22.2. The second-order valence-electron chi connectivity index (χ2n) is 6.46. The number of ether oxygens (including phenoxy) is 2. The summed E-state index contributed by atoms with van der Waals surface area (Å²) < 4.78 is 11.3. The van der Waals surface area contributed by atoms with Crippen molar-refractivity contribution in [2.24, 2.45) is 0 Å². The van der Waals surface area contributed by atoms with Crippen LogP contribution < -0.4 is 9.47 Å². The molecule has 0 radical (unpaired) electrons. The Bertz CT molecular complexity index is 540. The fraction of sp³-hybridized carbons (Fsp3) is 0.667. The quantitative estimate of drug-likeness (QED) is 0.785. The molecule has 5 nitrogen and oxygen atoms in total. The van der Waals surface area contributed by atoms with E-state index in [1.54, 1.807) is 13.2 Å². The third kappa shape index (κ3) is 4.99. The Morgan fingerprint density at radius 1 is 1.29 bits per heavy atom. The molecule has 1 aliphatic rings. The average molecular weight is 358 g/mol. The van der Waals surface area contributed by atoms with E-state index >= 15 is 0 Å². The van der Waals surface area contributed by atoms with Crippen LogP contribution in [0, 0.1) is 0 Å². The van der Waals surface area contributed by atoms with Gasteiger partial charge in [-0.25, -0.2) is 0 Å². The molecule has 1 heterocycles. The van der Waals surface area contributed by atoms with Crippen molar-refractivity contribution in [1.29, 1.82) is 0 Å². The molecule has 2 N–H and O–H groups in total. The highest BCUT2D eigenvalue weighted by molar-refractivity contribution is 6.30. The molecular formula is C18H28ClNO4. The molecule has 136 valence electrons. The minimum atomic E-state index is -0.956. The molecule has 1 aromatic rings. The highest BCUT2D eigenvalue weighted by atomic mass is 35.5. The summed E-state index contributed by atoms with van der Waals surface area (Å²) in [5.41, 5.74) is 0.0321. The molecule has 6 heteroatoms. The highest BCUT2D eigenvalue weighted by Gasteiger charge is 2.29. The average Bonchev–Trinajstić information content (AvgIpc) is 2.76. The van der Waals surface area contributed by atoms with Gasteiger partial charge >= 0.3 is 0 Å². The lowest BCUT2D eigenvalue weighted by Crippen LogP contribution is -2.34. The zero-order valence-corrected chi connectivity index (χ0v) is 15.3. The lowest BCUT2D eigenvalue weighted by atomic mass is 9.96. The van der Waals surface area contributed by atoms with Gasteiger partial charge in [0.25, 0.3) is 0 Å². The summed E-state index contributed by atoms with van der Waals surface area (Å²) in [6.07, 6.45) is 2.95. The van der Waals surface area contributed by atoms with Crippen LogP contribution in [0.1, 0.15) is 38.2 Å². The van der Waals surface area contributed by atoms with Gasteiger partial charge in [0.2, 0.25) is 0 Å². The van der Waals surface area contributed by atoms with Crippen LogP contribution in [0.2, 0.25) is 5.02 Å². The van der Waals surface area contributed by atoms with E-state index in [1.165, 1.54) is 0 Å². The number of nitrogens with zero attached hydrogens (tertiary/aromatic N) is 1. The molecule has 0 spiro atoms. The van der Waals surface area contributed by atoms with Crippen molar-refractivity contribution in [3.05, 3.63) is 22.7 Å². The molecule has 0 aromatic heterocycles. The van der Waals surface area contributed by atoms with E-state index in [2.05, 4.69) is 11.8 Å². The van der Waals surface area contributed by atoms with Crippen LogP contribution in [-0.4, -0.2) is 54.1 Å². The van der Waals surface area contributed by atoms with E-state index in [0.717, 1.165) is 37.2 Å². The fourth-order valence-electron chi connectivity index (χ4n) is 3.05. The molecule has 1 aliphatic heterocycles. The predicted octanol–water partition coefficient (Wildman–Crippen LogP) is 2.85. The molecule has 0 bridgehead atoms. The van der Waals surface area contributed by atoms with Gasteiger partial charge in [0.15, 0.2) is 11.5 Å². The number of halogens is 1. The Balaban J connectivity index is 2.17. The minimum absolute atomic E-state index is 0.184. The van der Waals surface area contributed by atoms with Crippen LogP contribution in [0.4, 0.5) is 0 Å². The van der Waals surface area contributed by atoms with Gasteiger partial charge in [0.1, 0.15) is 0 Å². The van der Waals surface area contributed by atoms with Crippen LogP contribution in [-0.2, 0) is 6.54 Å². The van der Waals surface area contributed by atoms with E-state index in [-0.39, 0.29) is 6.61 Å². The molecule has 2 rings (SSSR count). The van der Waals surface area contributed by atoms with Crippen molar-refractivity contribution in [2.75, 3.05) is 33.4 Å². The molecule has 0 saturated carbocycles. The fourth-order valence-corrected chi connectivity index (χ4v) is 3.28. The number of methoxy groups -OCH3 is 1. The summed E-state index contributed by atoms with van der Waals surface area (Å²) in [5.74, 6) is 1.39. The first-order valence-electron chi connectivity index (χ1n) is 8.56. The molecule has 1 saturated heterocycles. The van der Waals surface area contributed by atoms with Crippen molar-refractivity contribution in [3.63, 3.8) is 0 Å². The predicted molar refractivity (Wildman–Crippen MR) is 95.0 cm³/mol. The van der Waals surface area contributed by atoms with Crippen molar-refractivity contribution in [1.82, 2.24) is 4.90 Å². The molecule has 1 aromatic carbocycles. The lowest BCUT2D eigenvalue weighted by Gasteiger charge is -2.25. The monoisotopic (exact) mass is 357 g/mol. The maximum Gasteiger partial charge on any atom is 0.165 e. The zero-order valence-electron chi connectivity index (χ0n) is 14.6. The Morgan fingerprint density at radius 2 is 2.08 bits per heavy atom. The largest absolute Gasteiger partial charge is 0.493 e. The zero-order chi connectivity index (χ0) is 17.6. The van der Waals surface area contributed by atoms with Crippen molar-refractivity contribution < 1.29 is 19.7 Å². The SMILES string of the molecule is CCCOc1c(CN2CCC[C@@](O)(CO)CC2)cc(Cl)cc1OC. The van der Waals surface area contributed by atoms with Crippen LogP contribution in [0.3, 0.4) is 0 Å². The molecule has 0 amide bonds. The van der Waals surface area contributed by atoms with Gasteiger partial charge < -0.3 is 19.7 Å². The number of hydrogen-bond acceptors (Lipinski definition) is 5. The van der Waals surface area contributed by atoms with Crippen LogP contribution in [0.25, 0.3) is 0 Å². The van der Waals surface area contributed by atoms with Crippen LogP contribution >= 0.6 is 11.6 Å². The second-order valence-corrected chi connectivity index (χ2v) is 6.89. The lowest BCUT2D eigenvalue weighted by molar-refractivity contribution is -0.0255. The Hall–Kier alpha value is -1.01. The van der Waals surface area contributed by atoms with Crippen LogP contribution in [0.15, 0.2) is 12.1 Å². The van der Waals surface area contributed by atoms with Crippen molar-refractivity contribution in [3.8, 4) is 11.5 Å². The summed E-state index contributed by atoms with van der Waals surface area (Å²) in [6, 6.07) is 3.68. The third-order valence-corrected chi connectivity index (χ3v) is 4.68. The van der Waals surface area contributed by atoms with Crippen LogP contribution in [0.5, 0.6) is 11.5 Å². The van der Waals surface area contributed by atoms with Gasteiger partial charge in [0, 0.05) is 29.7 Å². The number of rotatable bonds is 7. The maximum atomic E-state index is 10.3. The first-order chi connectivity index (χ1) is 11.5. The van der Waals surface area contributed by atoms with Crippen molar-refractivity contribution >= 4 is 11.6 Å². The Morgan fingerprint density at radius 3 is 2.75 bits per heavy atom. The topological polar surface area (TPSA) is 62.2 Å². The Kier molecular flexibility index (Phi) is 7.16. The summed E-state index contributed by atoms with van der Waals surface area (Å²) in [7, 11) is 1.61. The number of likely N-dealkylation sites (tertiary alicyclic amines) is 1. The van der Waals surface area contributed by atoms with Gasteiger partial charge in [-0.1, -0.05) is 18.5 Å². The van der Waals surface area contributed by atoms with E-state index in [9.17, 15) is 10.2 Å². The smallest absolute Gasteiger partial charge is 0.165 e. The van der Waals surface area contributed by atoms with Gasteiger partial charge in [-0.3, -0.25) is 4.90 Å². The number of aliphatic hydroxyl groups is 2. The first-order valence-corrected chi connectivity index (χ1v) is 8.94. The maximum absolute atomic E-state index is 10.3. The van der Waals surface area contributed by atoms with E-state index in [4.69, 9.17) is 21.1 Å². The van der Waals surface area contributed by atoms with Gasteiger partial charge in [0.05, 0.1) is 25.9 Å². The first kappa shape index (κ1) is 19.3. The van der Waals surface area contributed by atoms with E-state index < -0.39 is 5.60 Å². The van der Waals surface area contributed by atoms with E-state index in [1.807, 2.05) is 6.07 Å². The summed E-state index contributed by atoms with van der Waals surface area (Å²) >= 11 is 6.23. The molecule has 1 atom stereocenters. The molecule has 1 fully saturated rings. The van der Waals surface area contributed by atoms with Gasteiger partial charge in [-0.05, 0) is 38.3 Å². The molecule has 24 heavy (non-hydrogen) atoms. The highest BCUT2D eigenvalue weighted by Crippen LogP contribution is 2.36. The van der Waals surface area contributed by atoms with Gasteiger partial charge in [-0.2, -0.15) is 0 Å². The second kappa shape index (κ2) is 8.90. The summed E-state index contributed by atoms with van der Waals surface area (Å²) in [4.78, 5) is 2.26. The van der Waals surface area contributed by atoms with E-state index in [0.29, 0.717) is 36.8 Å². The standard InChI is InChI=1S/C18H28ClNO4/c1-3-9-24-17-14(10-15(19)11-16(17)23-2)12-20-7-4-5-18(22,13-21)6-8-20/h10-11,21-22H,3-9,12-13H2,1-2H3/t18-/m0/s1. The van der Waals surface area contributed by atoms with Crippen molar-refractivity contribution in [2.45, 2.75) is 44.8 Å². The third-order valence-electron chi connectivity index (χ3n) is 4.47.